The van der Waals surface area contributed by atoms with Crippen LogP contribution in [-0.4, -0.2) is 37.8 Å². The largest absolute Gasteiger partial charge is 0.390 e. The normalized spacial score (nSPS) is 26.4. The van der Waals surface area contributed by atoms with Gasteiger partial charge in [-0.25, -0.2) is 0 Å². The van der Waals surface area contributed by atoms with Gasteiger partial charge in [0.05, 0.1) is 12.2 Å². The number of aliphatic hydroxyl groups is 1. The zero-order chi connectivity index (χ0) is 36.2. The summed E-state index contributed by atoms with van der Waals surface area (Å²) < 4.78 is 6.13. The van der Waals surface area contributed by atoms with Crippen LogP contribution in [0.3, 0.4) is 0 Å². The molecule has 3 aliphatic carbocycles. The highest BCUT2D eigenvalue weighted by Crippen LogP contribution is 2.59. The van der Waals surface area contributed by atoms with Gasteiger partial charge in [-0.3, -0.25) is 4.79 Å². The highest BCUT2D eigenvalue weighted by atomic mass is 28.3. The van der Waals surface area contributed by atoms with Crippen molar-refractivity contribution in [2.75, 3.05) is 13.2 Å². The zero-order valence-electron chi connectivity index (χ0n) is 32.0. The molecule has 0 bridgehead atoms. The van der Waals surface area contributed by atoms with Crippen molar-refractivity contribution in [3.8, 4) is 0 Å². The van der Waals surface area contributed by atoms with E-state index in [-0.39, 0.29) is 16.0 Å². The van der Waals surface area contributed by atoms with E-state index in [1.165, 1.54) is 40.8 Å². The molecule has 0 aromatic heterocycles. The third kappa shape index (κ3) is 7.55. The van der Waals surface area contributed by atoms with Crippen LogP contribution < -0.4 is 10.4 Å². The second-order valence-corrected chi connectivity index (χ2v) is 22.0. The number of rotatable bonds is 13. The van der Waals surface area contributed by atoms with Gasteiger partial charge in [-0.15, -0.1) is 0 Å². The Bertz CT molecular complexity index is 1520. The summed E-state index contributed by atoms with van der Waals surface area (Å²) in [6.07, 6.45) is 15.0. The molecule has 3 nitrogen and oxygen atoms in total. The van der Waals surface area contributed by atoms with Crippen molar-refractivity contribution in [1.82, 2.24) is 0 Å². The first-order valence-electron chi connectivity index (χ1n) is 19.5. The van der Waals surface area contributed by atoms with Gasteiger partial charge in [-0.1, -0.05) is 149 Å². The Morgan fingerprint density at radius 2 is 1.62 bits per heavy atom. The topological polar surface area (TPSA) is 46.5 Å². The number of benzene rings is 2. The number of hydrogen-bond donors (Lipinski definition) is 1. The van der Waals surface area contributed by atoms with Crippen LogP contribution in [0.4, 0.5) is 0 Å². The third-order valence-corrected chi connectivity index (χ3v) is 19.7. The van der Waals surface area contributed by atoms with Crippen molar-refractivity contribution in [2.24, 2.45) is 17.3 Å². The predicted octanol–water partition coefficient (Wildman–Crippen LogP) is 10.3. The van der Waals surface area contributed by atoms with Crippen molar-refractivity contribution in [3.63, 3.8) is 0 Å². The van der Waals surface area contributed by atoms with E-state index in [0.717, 1.165) is 56.1 Å². The number of fused-ring (bicyclic) bond motifs is 1. The first-order valence-corrected chi connectivity index (χ1v) is 21.6. The summed E-state index contributed by atoms with van der Waals surface area (Å²) in [5.74, 6) is 1.37. The van der Waals surface area contributed by atoms with E-state index in [9.17, 15) is 9.90 Å². The van der Waals surface area contributed by atoms with Crippen LogP contribution in [0.2, 0.25) is 10.6 Å². The van der Waals surface area contributed by atoms with Gasteiger partial charge in [0.1, 0.15) is 13.9 Å². The van der Waals surface area contributed by atoms with Gasteiger partial charge in [0.15, 0.2) is 0 Å². The molecule has 0 amide bonds. The minimum absolute atomic E-state index is 0.0594. The molecule has 50 heavy (non-hydrogen) atoms. The number of carbonyl (C=O) groups excluding carboxylic acids is 1. The predicted molar refractivity (Wildman–Crippen MR) is 214 cm³/mol. The maximum Gasteiger partial charge on any atom is 0.138 e. The Kier molecular flexibility index (Phi) is 12.2. The Hall–Kier alpha value is -2.79. The molecule has 3 saturated carbocycles. The average molecular weight is 693 g/mol. The van der Waals surface area contributed by atoms with Crippen molar-refractivity contribution in [1.29, 1.82) is 0 Å². The van der Waals surface area contributed by atoms with E-state index in [0.29, 0.717) is 37.3 Å². The number of hydrogen-bond acceptors (Lipinski definition) is 3. The molecular weight excluding hydrogens is 629 g/mol. The van der Waals surface area contributed by atoms with Gasteiger partial charge in [-0.05, 0) is 97.6 Å². The van der Waals surface area contributed by atoms with Gasteiger partial charge < -0.3 is 9.84 Å². The summed E-state index contributed by atoms with van der Waals surface area (Å²) in [6, 6.07) is 21.8. The first kappa shape index (κ1) is 38.4. The average Bonchev–Trinajstić information content (AvgIpc) is 3.47. The van der Waals surface area contributed by atoms with Crippen LogP contribution in [0, 0.1) is 17.3 Å². The van der Waals surface area contributed by atoms with Crippen LogP contribution in [0.25, 0.3) is 0 Å². The summed E-state index contributed by atoms with van der Waals surface area (Å²) in [5.41, 5.74) is 4.59. The van der Waals surface area contributed by atoms with E-state index in [4.69, 9.17) is 4.74 Å². The monoisotopic (exact) mass is 692 g/mol. The maximum atomic E-state index is 14.5. The van der Waals surface area contributed by atoms with Crippen LogP contribution in [0.1, 0.15) is 112 Å². The van der Waals surface area contributed by atoms with E-state index >= 15 is 0 Å². The Morgan fingerprint density at radius 1 is 1.00 bits per heavy atom. The smallest absolute Gasteiger partial charge is 0.138 e. The molecular formula is C46H64O3Si. The van der Waals surface area contributed by atoms with Gasteiger partial charge in [0.25, 0.3) is 0 Å². The van der Waals surface area contributed by atoms with Crippen LogP contribution in [-0.2, 0) is 9.53 Å². The van der Waals surface area contributed by atoms with Gasteiger partial charge in [-0.2, -0.15) is 0 Å². The molecule has 270 valence electrons. The fraction of sp³-hybridized carbons (Fsp3) is 0.543. The molecule has 2 aromatic rings. The summed E-state index contributed by atoms with van der Waals surface area (Å²) in [6.45, 7) is 24.1. The van der Waals surface area contributed by atoms with Crippen LogP contribution in [0.5, 0.6) is 0 Å². The first-order chi connectivity index (χ1) is 23.8. The maximum absolute atomic E-state index is 14.5. The lowest BCUT2D eigenvalue weighted by Crippen LogP contribution is -2.68. The molecule has 0 spiro atoms. The van der Waals surface area contributed by atoms with E-state index in [2.05, 4.69) is 128 Å². The molecule has 2 aromatic carbocycles. The van der Waals surface area contributed by atoms with Gasteiger partial charge in [0.2, 0.25) is 0 Å². The number of carbonyl (C=O) groups is 1. The minimum atomic E-state index is -2.59. The van der Waals surface area contributed by atoms with Crippen molar-refractivity contribution in [3.05, 3.63) is 108 Å². The van der Waals surface area contributed by atoms with Crippen LogP contribution in [0.15, 0.2) is 108 Å². The lowest BCUT2D eigenvalue weighted by molar-refractivity contribution is -0.118. The van der Waals surface area contributed by atoms with Gasteiger partial charge >= 0.3 is 0 Å². The summed E-state index contributed by atoms with van der Waals surface area (Å²) in [5, 5.41) is 13.2. The molecule has 3 fully saturated rings. The summed E-state index contributed by atoms with van der Waals surface area (Å²) in [4.78, 5) is 14.5. The zero-order valence-corrected chi connectivity index (χ0v) is 33.0. The molecule has 4 atom stereocenters. The molecule has 5 rings (SSSR count). The van der Waals surface area contributed by atoms with Crippen molar-refractivity contribution in [2.45, 2.75) is 128 Å². The highest BCUT2D eigenvalue weighted by molar-refractivity contribution is 7.07. The molecule has 4 heteroatoms. The third-order valence-electron chi connectivity index (χ3n) is 13.3. The van der Waals surface area contributed by atoms with E-state index < -0.39 is 13.7 Å². The number of allylic oxidation sites excluding steroid dienone is 5. The summed E-state index contributed by atoms with van der Waals surface area (Å²) in [7, 11) is -2.59. The van der Waals surface area contributed by atoms with Crippen molar-refractivity contribution >= 4 is 24.2 Å². The molecule has 0 heterocycles. The molecule has 1 N–H and O–H groups in total. The van der Waals surface area contributed by atoms with Gasteiger partial charge in [0, 0.05) is 18.6 Å². The minimum Gasteiger partial charge on any atom is -0.390 e. The second-order valence-electron chi connectivity index (χ2n) is 17.0. The molecule has 0 saturated heterocycles. The van der Waals surface area contributed by atoms with E-state index in [1.807, 2.05) is 0 Å². The molecule has 1 unspecified atom stereocenters. The van der Waals surface area contributed by atoms with E-state index in [1.54, 1.807) is 0 Å². The number of ketones is 1. The lowest BCUT2D eigenvalue weighted by Gasteiger charge is -2.50. The molecule has 3 aliphatic rings. The van der Waals surface area contributed by atoms with Crippen LogP contribution >= 0.6 is 0 Å². The lowest BCUT2D eigenvalue weighted by atomic mass is 9.62. The fourth-order valence-corrected chi connectivity index (χ4v) is 16.9. The number of ether oxygens (including phenoxy) is 1. The SMILES string of the molecule is C=C1CC([Si](c2ccccc2)(c2ccccc2)C(C)(C)C)C(=O)CC1=CC=C1CCC[C@]2(C)[C@@H](C(=C)COCCCC(O)(CC)CC)CC[C@@H]12. The highest BCUT2D eigenvalue weighted by Gasteiger charge is 2.56. The molecule has 0 radical (unpaired) electrons. The number of Topliss-reactive ketones (excluding diaryl/α,β-unsaturated/α-hetero) is 1. The Morgan fingerprint density at radius 3 is 2.20 bits per heavy atom. The Balaban J connectivity index is 1.31. The fourth-order valence-electron chi connectivity index (χ4n) is 10.4. The standard InChI is InChI=1S/C46H64O3Si/c1-9-46(48,10-2)29-18-30-49-33-35(4)40-26-27-41-36(19-17-28-45(40,41)8)24-25-37-32-42(47)43(31-34(37)3)50(44(5,6)7,38-20-13-11-14-21-38)39-22-15-12-16-23-39/h11-16,20-25,40-41,43,48H,3-4,9-10,17-19,26-33H2,1-2,5-8H3/t40-,41+,43?,45-/m1/s1. The summed E-state index contributed by atoms with van der Waals surface area (Å²) >= 11 is 0. The van der Waals surface area contributed by atoms with Crippen molar-refractivity contribution < 1.29 is 14.6 Å². The Labute approximate surface area is 305 Å². The quantitative estimate of drug-likeness (QED) is 0.129. The molecule has 0 aliphatic heterocycles. The second kappa shape index (κ2) is 15.8.